The zero-order valence-corrected chi connectivity index (χ0v) is 30.2. The largest absolute Gasteiger partial charge is 0.508 e. The number of hydrogen-bond donors (Lipinski definition) is 13. The lowest BCUT2D eigenvalue weighted by molar-refractivity contribution is -0.277. The minimum atomic E-state index is -1.75. The number of ether oxygens (including phenoxy) is 5. The van der Waals surface area contributed by atoms with E-state index < -0.39 is 98.1 Å². The van der Waals surface area contributed by atoms with Crippen LogP contribution in [-0.4, -0.2) is 141 Å². The van der Waals surface area contributed by atoms with E-state index in [2.05, 4.69) is 0 Å². The smallest absolute Gasteiger partial charge is 0.229 e. The van der Waals surface area contributed by atoms with Crippen molar-refractivity contribution in [3.8, 4) is 46.0 Å². The van der Waals surface area contributed by atoms with Crippen molar-refractivity contribution in [3.63, 3.8) is 0 Å². The molecule has 58 heavy (non-hydrogen) atoms. The maximum absolute atomic E-state index is 11.3. The standard InChI is InChI=1S/C40H42O18/c41-14-28-31(48)33(50)35(52)39(56-28)54-22-6-16(5-20(43)12-22)1-2-17-7-24-30(37(58-38(24)27(47)8-17)18-3-4-25(45)26(46)11-18)19-9-21(44)13-23(10-19)55-40-36(53)34(51)32(49)29(15-42)57-40/h1-13,28-37,39-53H,14-15H2/b2-1+/t28-,29-,30-,31-,32-,33+,34+,35-,36-,37+,39-,40-/m1/s1. The lowest BCUT2D eigenvalue weighted by atomic mass is 9.84. The Morgan fingerprint density at radius 3 is 1.64 bits per heavy atom. The van der Waals surface area contributed by atoms with Gasteiger partial charge in [0.25, 0.3) is 0 Å². The molecule has 3 aliphatic rings. The van der Waals surface area contributed by atoms with E-state index in [1.807, 2.05) is 0 Å². The second-order valence-electron chi connectivity index (χ2n) is 14.2. The molecule has 13 N–H and O–H groups in total. The quantitative estimate of drug-likeness (QED) is 0.0741. The number of hydrogen-bond acceptors (Lipinski definition) is 18. The molecule has 7 rings (SSSR count). The predicted molar refractivity (Wildman–Crippen MR) is 197 cm³/mol. The second-order valence-corrected chi connectivity index (χ2v) is 14.2. The molecule has 0 aliphatic carbocycles. The van der Waals surface area contributed by atoms with E-state index in [0.29, 0.717) is 27.8 Å². The highest BCUT2D eigenvalue weighted by molar-refractivity contribution is 5.74. The zero-order valence-electron chi connectivity index (χ0n) is 30.2. The summed E-state index contributed by atoms with van der Waals surface area (Å²) in [7, 11) is 0. The highest BCUT2D eigenvalue weighted by Crippen LogP contribution is 2.54. The summed E-state index contributed by atoms with van der Waals surface area (Å²) in [5, 5.41) is 134. The maximum Gasteiger partial charge on any atom is 0.229 e. The minimum Gasteiger partial charge on any atom is -0.508 e. The van der Waals surface area contributed by atoms with Gasteiger partial charge in [0.05, 0.1) is 19.1 Å². The fourth-order valence-electron chi connectivity index (χ4n) is 7.22. The van der Waals surface area contributed by atoms with Gasteiger partial charge < -0.3 is 90.1 Å². The average molecular weight is 811 g/mol. The first-order valence-corrected chi connectivity index (χ1v) is 18.0. The van der Waals surface area contributed by atoms with Gasteiger partial charge in [-0.3, -0.25) is 0 Å². The molecule has 0 amide bonds. The number of aliphatic hydroxyl groups is 8. The van der Waals surface area contributed by atoms with Gasteiger partial charge in [-0.2, -0.15) is 0 Å². The van der Waals surface area contributed by atoms with Crippen molar-refractivity contribution in [3.05, 3.63) is 94.5 Å². The Kier molecular flexibility index (Phi) is 11.6. The Hall–Kier alpha value is -5.38. The molecule has 12 atom stereocenters. The summed E-state index contributed by atoms with van der Waals surface area (Å²) in [4.78, 5) is 0. The van der Waals surface area contributed by atoms with Gasteiger partial charge in [-0.05, 0) is 70.8 Å². The van der Waals surface area contributed by atoms with Crippen LogP contribution < -0.4 is 14.2 Å². The van der Waals surface area contributed by atoms with E-state index >= 15 is 0 Å². The van der Waals surface area contributed by atoms with Gasteiger partial charge in [0.1, 0.15) is 77.9 Å². The van der Waals surface area contributed by atoms with Crippen molar-refractivity contribution < 1.29 is 90.1 Å². The minimum absolute atomic E-state index is 0.000130. The first-order chi connectivity index (χ1) is 27.6. The van der Waals surface area contributed by atoms with Gasteiger partial charge >= 0.3 is 0 Å². The Bertz CT molecular complexity index is 2140. The van der Waals surface area contributed by atoms with E-state index in [9.17, 15) is 66.4 Å². The summed E-state index contributed by atoms with van der Waals surface area (Å²) in [5.74, 6) is -2.59. The molecule has 0 radical (unpaired) electrons. The van der Waals surface area contributed by atoms with Crippen LogP contribution in [0.5, 0.6) is 46.0 Å². The third-order valence-corrected chi connectivity index (χ3v) is 10.2. The second kappa shape index (κ2) is 16.5. The highest BCUT2D eigenvalue weighted by Gasteiger charge is 2.46. The molecular weight excluding hydrogens is 768 g/mol. The lowest BCUT2D eigenvalue weighted by Gasteiger charge is -2.39. The SMILES string of the molecule is OC[C@H]1O[C@@H](Oc2cc(O)cc(/C=C/c3cc(O)c4c(c3)[C@@H](c3cc(O)cc(O[C@@H]5O[C@H](CO)[C@@H](O)[C@H](O)[C@H]5O)c3)[C@H](c3ccc(O)c(O)c3)O4)c2)[C@H](O)[C@@H](O)[C@@H]1O. The summed E-state index contributed by atoms with van der Waals surface area (Å²) in [6.07, 6.45) is -13.5. The maximum atomic E-state index is 11.3. The van der Waals surface area contributed by atoms with Crippen molar-refractivity contribution in [2.24, 2.45) is 0 Å². The summed E-state index contributed by atoms with van der Waals surface area (Å²) in [5.41, 5.74) is 1.87. The van der Waals surface area contributed by atoms with Crippen LogP contribution >= 0.6 is 0 Å². The molecule has 2 saturated heterocycles. The van der Waals surface area contributed by atoms with Gasteiger partial charge in [0.2, 0.25) is 12.6 Å². The van der Waals surface area contributed by atoms with E-state index in [4.69, 9.17) is 23.7 Å². The normalized spacial score (nSPS) is 30.8. The van der Waals surface area contributed by atoms with E-state index in [1.165, 1.54) is 60.7 Å². The molecule has 4 aromatic carbocycles. The Morgan fingerprint density at radius 2 is 1.07 bits per heavy atom. The topological polar surface area (TPSA) is 309 Å². The summed E-state index contributed by atoms with van der Waals surface area (Å²) < 4.78 is 28.6. The van der Waals surface area contributed by atoms with Crippen LogP contribution in [0.4, 0.5) is 0 Å². The third-order valence-electron chi connectivity index (χ3n) is 10.2. The van der Waals surface area contributed by atoms with Gasteiger partial charge in [-0.1, -0.05) is 18.2 Å². The number of phenolic OH excluding ortho intramolecular Hbond substituents is 5. The molecule has 3 aliphatic heterocycles. The molecule has 18 heteroatoms. The van der Waals surface area contributed by atoms with Gasteiger partial charge in [0, 0.05) is 17.7 Å². The number of fused-ring (bicyclic) bond motifs is 1. The number of aromatic hydroxyl groups is 5. The number of rotatable bonds is 10. The van der Waals surface area contributed by atoms with Crippen molar-refractivity contribution >= 4 is 12.2 Å². The summed E-state index contributed by atoms with van der Waals surface area (Å²) >= 11 is 0. The molecular formula is C40H42O18. The first-order valence-electron chi connectivity index (χ1n) is 18.0. The predicted octanol–water partition coefficient (Wildman–Crippen LogP) is 0.00800. The van der Waals surface area contributed by atoms with Crippen LogP contribution in [0.2, 0.25) is 0 Å². The van der Waals surface area contributed by atoms with E-state index in [-0.39, 0.29) is 34.5 Å². The molecule has 18 nitrogen and oxygen atoms in total. The molecule has 3 heterocycles. The summed E-state index contributed by atoms with van der Waals surface area (Å²) in [6.45, 7) is -1.37. The van der Waals surface area contributed by atoms with Gasteiger partial charge in [-0.25, -0.2) is 0 Å². The summed E-state index contributed by atoms with van der Waals surface area (Å²) in [6, 6.07) is 15.2. The Morgan fingerprint density at radius 1 is 0.517 bits per heavy atom. The fourth-order valence-corrected chi connectivity index (χ4v) is 7.22. The van der Waals surface area contributed by atoms with Crippen LogP contribution in [0.3, 0.4) is 0 Å². The van der Waals surface area contributed by atoms with Crippen LogP contribution in [0.15, 0.2) is 66.7 Å². The number of phenols is 5. The Labute approximate surface area is 329 Å². The molecule has 310 valence electrons. The third kappa shape index (κ3) is 8.03. The molecule has 0 unspecified atom stereocenters. The Balaban J connectivity index is 1.22. The van der Waals surface area contributed by atoms with Crippen LogP contribution in [0.25, 0.3) is 12.2 Å². The average Bonchev–Trinajstić information content (AvgIpc) is 3.58. The zero-order chi connectivity index (χ0) is 41.6. The molecule has 0 aromatic heterocycles. The van der Waals surface area contributed by atoms with Crippen molar-refractivity contribution in [1.82, 2.24) is 0 Å². The first kappa shape index (κ1) is 40.8. The monoisotopic (exact) mass is 810 g/mol. The fraction of sp³-hybridized carbons (Fsp3) is 0.350. The number of aliphatic hydroxyl groups excluding tert-OH is 8. The number of benzene rings is 4. The van der Waals surface area contributed by atoms with Crippen LogP contribution in [0.1, 0.15) is 39.8 Å². The molecule has 2 fully saturated rings. The van der Waals surface area contributed by atoms with Crippen LogP contribution in [0, 0.1) is 0 Å². The van der Waals surface area contributed by atoms with E-state index in [1.54, 1.807) is 18.2 Å². The van der Waals surface area contributed by atoms with Crippen molar-refractivity contribution in [2.75, 3.05) is 13.2 Å². The molecule has 0 spiro atoms. The van der Waals surface area contributed by atoms with E-state index in [0.717, 1.165) is 0 Å². The molecule has 4 aromatic rings. The lowest BCUT2D eigenvalue weighted by Crippen LogP contribution is -2.60. The van der Waals surface area contributed by atoms with Gasteiger partial charge in [-0.15, -0.1) is 0 Å². The molecule has 0 saturated carbocycles. The highest BCUT2D eigenvalue weighted by atomic mass is 16.7. The van der Waals surface area contributed by atoms with Gasteiger partial charge in [0.15, 0.2) is 23.0 Å². The van der Waals surface area contributed by atoms with Crippen molar-refractivity contribution in [1.29, 1.82) is 0 Å². The van der Waals surface area contributed by atoms with Crippen molar-refractivity contribution in [2.45, 2.75) is 73.4 Å². The molecule has 0 bridgehead atoms. The van der Waals surface area contributed by atoms with Crippen LogP contribution in [-0.2, 0) is 9.47 Å².